The number of halogens is 6. The minimum Gasteiger partial charge on any atom is -0.503 e. The van der Waals surface area contributed by atoms with Crippen molar-refractivity contribution in [3.05, 3.63) is 227 Å². The molecule has 0 spiro atoms. The summed E-state index contributed by atoms with van der Waals surface area (Å²) in [4.78, 5) is 65.7. The molecule has 3 saturated carbocycles. The monoisotopic (exact) mass is 1630 g/mol. The quantitative estimate of drug-likeness (QED) is 0.00750. The fourth-order valence-electron chi connectivity index (χ4n) is 20.4. The van der Waals surface area contributed by atoms with Crippen LogP contribution in [0, 0.1) is 0 Å². The van der Waals surface area contributed by atoms with Gasteiger partial charge in [0.15, 0.2) is 0 Å². The maximum absolute atomic E-state index is 14.9. The number of allylic oxidation sites excluding steroid dienone is 3. The summed E-state index contributed by atoms with van der Waals surface area (Å²) in [6, 6.07) is 31.1. The number of hydrogen-bond donors (Lipinski definition) is 6. The van der Waals surface area contributed by atoms with Crippen molar-refractivity contribution >= 4 is 57.0 Å². The van der Waals surface area contributed by atoms with Crippen LogP contribution in [-0.2, 0) is 91.0 Å². The molecule has 21 heteroatoms. The third-order valence-corrected chi connectivity index (χ3v) is 26.1. The van der Waals surface area contributed by atoms with Crippen molar-refractivity contribution in [3.63, 3.8) is 0 Å². The zero-order chi connectivity index (χ0) is 85.2. The largest absolute Gasteiger partial charge is 0.796 e. The number of rotatable bonds is 36. The number of aromatic amines is 6. The Balaban J connectivity index is 0.871. The predicted molar refractivity (Wildman–Crippen MR) is 479 cm³/mol. The van der Waals surface area contributed by atoms with Crippen LogP contribution >= 0.6 is 0 Å². The van der Waals surface area contributed by atoms with Crippen LogP contribution < -0.4 is 0 Å². The maximum atomic E-state index is 14.9. The number of hydrogen-bond acceptors (Lipinski definition) is 6. The Morgan fingerprint density at radius 2 is 0.475 bits per heavy atom. The lowest BCUT2D eigenvalue weighted by Gasteiger charge is -2.22. The van der Waals surface area contributed by atoms with Crippen molar-refractivity contribution in [2.24, 2.45) is 0 Å². The average molecular weight is 1630 g/mol. The van der Waals surface area contributed by atoms with Crippen molar-refractivity contribution < 1.29 is 54.2 Å². The molecular formula is C99H117B3F6N6O6. The molecular weight excluding hydrogens is 1520 g/mol. The summed E-state index contributed by atoms with van der Waals surface area (Å²) < 4.78 is 103. The molecule has 6 aromatic heterocycles. The highest BCUT2D eigenvalue weighted by Gasteiger charge is 2.35. The normalized spacial score (nSPS) is 14.8. The van der Waals surface area contributed by atoms with E-state index >= 15 is 0 Å². The Kier molecular flexibility index (Phi) is 29.0. The van der Waals surface area contributed by atoms with E-state index in [0.717, 1.165) is 247 Å². The van der Waals surface area contributed by atoms with Crippen LogP contribution in [0.5, 0.6) is 0 Å². The highest BCUT2D eigenvalue weighted by molar-refractivity contribution is 6.37. The molecule has 6 N–H and O–H groups in total. The van der Waals surface area contributed by atoms with E-state index in [9.17, 15) is 40.3 Å². The number of H-pyrrole nitrogens is 6. The van der Waals surface area contributed by atoms with Crippen LogP contribution in [0.2, 0.25) is 0 Å². The first-order valence-corrected chi connectivity index (χ1v) is 44.7. The molecule has 6 heterocycles. The Labute approximate surface area is 705 Å². The zero-order valence-corrected chi connectivity index (χ0v) is 72.2. The van der Waals surface area contributed by atoms with E-state index in [0.29, 0.717) is 92.0 Å². The first-order valence-electron chi connectivity index (χ1n) is 44.7. The Morgan fingerprint density at radius 1 is 0.275 bits per heavy atom. The molecule has 13 rings (SSSR count). The van der Waals surface area contributed by atoms with Crippen molar-refractivity contribution in [1.29, 1.82) is 0 Å². The number of aromatic nitrogens is 6. The van der Waals surface area contributed by atoms with Gasteiger partial charge in [-0.15, -0.1) is 0 Å². The lowest BCUT2D eigenvalue weighted by atomic mass is 9.84. The summed E-state index contributed by atoms with van der Waals surface area (Å²) in [7, 11) is -9.49. The number of nitrogens with one attached hydrogen (secondary N) is 6. The van der Waals surface area contributed by atoms with Gasteiger partial charge in [-0.1, -0.05) is 214 Å². The minimum absolute atomic E-state index is 0.175. The van der Waals surface area contributed by atoms with Gasteiger partial charge in [0.1, 0.15) is 17.3 Å². The van der Waals surface area contributed by atoms with Crippen LogP contribution in [0.15, 0.2) is 109 Å². The molecule has 0 unspecified atom stereocenters. The van der Waals surface area contributed by atoms with Crippen LogP contribution in [-0.4, -0.2) is 69.7 Å². The van der Waals surface area contributed by atoms with E-state index < -0.39 is 39.8 Å². The van der Waals surface area contributed by atoms with Gasteiger partial charge < -0.3 is 43.9 Å². The second-order valence-corrected chi connectivity index (χ2v) is 32.6. The van der Waals surface area contributed by atoms with Crippen molar-refractivity contribution in [1.82, 2.24) is 29.9 Å². The first-order chi connectivity index (χ1) is 58.2. The third kappa shape index (κ3) is 18.3. The van der Waals surface area contributed by atoms with Gasteiger partial charge in [0.05, 0.1) is 34.2 Å². The molecule has 0 amide bonds. The summed E-state index contributed by atoms with van der Waals surface area (Å²) in [6.45, 7) is 24.4. The summed E-state index contributed by atoms with van der Waals surface area (Å²) in [5, 5.41) is 0. The molecule has 630 valence electrons. The van der Waals surface area contributed by atoms with Gasteiger partial charge in [-0.2, -0.15) is 0 Å². The van der Waals surface area contributed by atoms with Crippen LogP contribution in [0.1, 0.15) is 330 Å². The van der Waals surface area contributed by atoms with Gasteiger partial charge in [-0.05, 0) is 268 Å². The second kappa shape index (κ2) is 39.7. The third-order valence-electron chi connectivity index (χ3n) is 26.1. The molecule has 3 aliphatic rings. The lowest BCUT2D eigenvalue weighted by Crippen LogP contribution is -2.09. The molecule has 0 bridgehead atoms. The van der Waals surface area contributed by atoms with E-state index in [4.69, 9.17) is 14.0 Å². The van der Waals surface area contributed by atoms with Gasteiger partial charge in [-0.25, -0.2) is 25.9 Å². The van der Waals surface area contributed by atoms with Gasteiger partial charge in [0.25, 0.3) is 0 Å². The van der Waals surface area contributed by atoms with Gasteiger partial charge in [-0.3, -0.25) is 14.4 Å². The molecule has 12 nitrogen and oxygen atoms in total. The van der Waals surface area contributed by atoms with Gasteiger partial charge in [0, 0.05) is 52.4 Å². The van der Waals surface area contributed by atoms with E-state index in [1.165, 1.54) is 37.5 Å². The molecule has 10 aromatic rings. The van der Waals surface area contributed by atoms with E-state index in [1.54, 1.807) is 0 Å². The van der Waals surface area contributed by atoms with Gasteiger partial charge in [0.2, 0.25) is 17.3 Å². The number of ketones is 3. The highest BCUT2D eigenvalue weighted by atomic mass is 19.3. The van der Waals surface area contributed by atoms with E-state index in [-0.39, 0.29) is 35.0 Å². The molecule has 0 saturated heterocycles. The molecule has 3 aliphatic carbocycles. The van der Waals surface area contributed by atoms with Crippen LogP contribution in [0.25, 0.3) is 84.4 Å². The first kappa shape index (κ1) is 87.8. The Hall–Kier alpha value is -10.0. The van der Waals surface area contributed by atoms with E-state index in [2.05, 4.69) is 105 Å². The van der Waals surface area contributed by atoms with Gasteiger partial charge >= 0.3 is 22.4 Å². The molecule has 0 atom stereocenters. The average Bonchev–Trinajstić information content (AvgIpc) is 1.10. The summed E-state index contributed by atoms with van der Waals surface area (Å²) in [6.07, 6.45) is 27.0. The number of carbonyl (C=O) groups excluding carboxylic acids is 3. The SMILES string of the molecule is CCc1c(C(=O)/C=C(\OB(F)F)c2[nH]c(C3CCCCC3)c(CC)c2CC)[nH]c(-c2ccc(-c3cc(-c4ccc(-c5[nH]c(C(=O)/C=C(\OB(F)F)c6[nH]c(C7CCCCC7)c(CC)c6CC)c(CC)c5CC)cc4)cc(-c4ccc(-c5[nH]c(C(=O)/C=C(\OB(F)F)c6[nH]c(C7CCCCC7)c(CC)c6CC)c(CC)c5CC)cc4)c3)cc2)c1CC. The van der Waals surface area contributed by atoms with Crippen LogP contribution in [0.3, 0.4) is 0 Å². The predicted octanol–water partition coefficient (Wildman–Crippen LogP) is 27.0. The number of benzene rings is 4. The lowest BCUT2D eigenvalue weighted by molar-refractivity contribution is 0.103. The van der Waals surface area contributed by atoms with Crippen molar-refractivity contribution in [3.8, 4) is 67.2 Å². The highest BCUT2D eigenvalue weighted by Crippen LogP contribution is 2.46. The Morgan fingerprint density at radius 3 is 0.675 bits per heavy atom. The maximum Gasteiger partial charge on any atom is 0.796 e. The molecule has 3 fully saturated rings. The fraction of sp³-hybridized carbons (Fsp3) is 0.424. The smallest absolute Gasteiger partial charge is 0.503 e. The topological polar surface area (TPSA) is 174 Å². The summed E-state index contributed by atoms with van der Waals surface area (Å²) in [5.41, 5.74) is 26.9. The molecule has 0 radical (unpaired) electrons. The van der Waals surface area contributed by atoms with E-state index in [1.807, 2.05) is 98.7 Å². The summed E-state index contributed by atoms with van der Waals surface area (Å²) >= 11 is 0. The molecule has 0 aliphatic heterocycles. The zero-order valence-electron chi connectivity index (χ0n) is 72.2. The number of carbonyl (C=O) groups is 3. The molecule has 4 aromatic carbocycles. The Bertz CT molecular complexity index is 4850. The second-order valence-electron chi connectivity index (χ2n) is 32.6. The van der Waals surface area contributed by atoms with Crippen molar-refractivity contribution in [2.75, 3.05) is 0 Å². The summed E-state index contributed by atoms with van der Waals surface area (Å²) in [5.74, 6) is -1.08. The van der Waals surface area contributed by atoms with Crippen molar-refractivity contribution in [2.45, 2.75) is 274 Å². The standard InChI is InChI=1S/C99H117B3F6N6O6/c1-13-70-76(19-7)94(82(115)55-85(118-100(103)104)97-79(22-10)73(16-4)88(112-97)61-34-28-25-29-35-61)109-91(70)64-46-40-58(41-47-64)67-52-68(59-42-48-65(49-43-59)92-71(14-2)77(20-8)95(110-92)83(116)56-86(119-101(105)106)98-80(23-11)74(17-5)89(113-98)62-36-30-26-31-37-62)54-69(53-67)60-44-50-66(51-45-60)93-72(15-3)78(21-9)96(111-93)84(117)57-87(120-102(107)108)99-81(24-12)75(18-6)90(114-99)63-38-32-27-33-39-63/h40-57,61-63,109-114H,13-39H2,1-12H3/b85-55-,86-56-,87-57-. The van der Waals surface area contributed by atoms with Crippen LogP contribution in [0.4, 0.5) is 25.9 Å². The minimum atomic E-state index is -3.16. The molecule has 120 heavy (non-hydrogen) atoms. The fourth-order valence-corrected chi connectivity index (χ4v) is 20.4.